The lowest BCUT2D eigenvalue weighted by Crippen LogP contribution is -1.94. The third kappa shape index (κ3) is 1.94. The normalized spacial score (nSPS) is 10.4. The summed E-state index contributed by atoms with van der Waals surface area (Å²) in [6, 6.07) is 7.21. The predicted octanol–water partition coefficient (Wildman–Crippen LogP) is 3.18. The standard InChI is InChI=1S/C14H9N3O2S/c1-9-2-3-10(7-15)6-12(9)19-13-11(8-18)17-4-5-20-14(17)16-13/h2-6,8H,1H3. The van der Waals surface area contributed by atoms with Gasteiger partial charge in [-0.05, 0) is 24.6 Å². The number of aromatic nitrogens is 2. The van der Waals surface area contributed by atoms with Crippen LogP contribution in [-0.4, -0.2) is 15.7 Å². The first-order valence-electron chi connectivity index (χ1n) is 5.82. The minimum Gasteiger partial charge on any atom is -0.437 e. The van der Waals surface area contributed by atoms with Gasteiger partial charge < -0.3 is 4.74 Å². The molecule has 0 unspecified atom stereocenters. The van der Waals surface area contributed by atoms with Gasteiger partial charge in [-0.3, -0.25) is 9.20 Å². The van der Waals surface area contributed by atoms with Gasteiger partial charge in [0.25, 0.3) is 0 Å². The molecule has 2 heterocycles. The summed E-state index contributed by atoms with van der Waals surface area (Å²) in [4.78, 5) is 16.2. The van der Waals surface area contributed by atoms with Crippen LogP contribution in [0.2, 0.25) is 0 Å². The quantitative estimate of drug-likeness (QED) is 0.692. The Bertz CT molecular complexity index is 842. The van der Waals surface area contributed by atoms with Gasteiger partial charge in [-0.15, -0.1) is 11.3 Å². The Balaban J connectivity index is 2.07. The number of hydrogen-bond acceptors (Lipinski definition) is 5. The summed E-state index contributed by atoms with van der Waals surface area (Å²) in [5, 5.41) is 10.8. The molecule has 0 aliphatic heterocycles. The number of hydrogen-bond donors (Lipinski definition) is 0. The van der Waals surface area contributed by atoms with Crippen LogP contribution in [0.3, 0.4) is 0 Å². The van der Waals surface area contributed by atoms with Gasteiger partial charge in [0.15, 0.2) is 16.9 Å². The molecule has 1 aromatic carbocycles. The van der Waals surface area contributed by atoms with E-state index in [4.69, 9.17) is 10.00 Å². The van der Waals surface area contributed by atoms with Crippen LogP contribution in [0.4, 0.5) is 0 Å². The first-order valence-corrected chi connectivity index (χ1v) is 6.70. The van der Waals surface area contributed by atoms with Gasteiger partial charge in [-0.25, -0.2) is 0 Å². The molecule has 0 aliphatic rings. The molecule has 0 bridgehead atoms. The van der Waals surface area contributed by atoms with Gasteiger partial charge in [-0.1, -0.05) is 6.07 Å². The Labute approximate surface area is 118 Å². The summed E-state index contributed by atoms with van der Waals surface area (Å²) in [5.41, 5.74) is 1.74. The van der Waals surface area contributed by atoms with Crippen molar-refractivity contribution in [2.75, 3.05) is 0 Å². The van der Waals surface area contributed by atoms with Crippen molar-refractivity contribution in [3.8, 4) is 17.7 Å². The molecule has 5 nitrogen and oxygen atoms in total. The van der Waals surface area contributed by atoms with E-state index in [2.05, 4.69) is 11.1 Å². The maximum atomic E-state index is 11.2. The Kier molecular flexibility index (Phi) is 2.97. The first kappa shape index (κ1) is 12.4. The first-order chi connectivity index (χ1) is 9.72. The lowest BCUT2D eigenvalue weighted by atomic mass is 10.1. The third-order valence-corrected chi connectivity index (χ3v) is 3.66. The van der Waals surface area contributed by atoms with E-state index in [1.54, 1.807) is 28.8 Å². The van der Waals surface area contributed by atoms with Gasteiger partial charge in [0, 0.05) is 11.6 Å². The van der Waals surface area contributed by atoms with Crippen molar-refractivity contribution >= 4 is 22.6 Å². The maximum Gasteiger partial charge on any atom is 0.250 e. The summed E-state index contributed by atoms with van der Waals surface area (Å²) in [6.07, 6.45) is 2.48. The zero-order valence-electron chi connectivity index (χ0n) is 10.5. The predicted molar refractivity (Wildman–Crippen MR) is 74.4 cm³/mol. The summed E-state index contributed by atoms with van der Waals surface area (Å²) in [6.45, 7) is 1.87. The van der Waals surface area contributed by atoms with Crippen molar-refractivity contribution < 1.29 is 9.53 Å². The van der Waals surface area contributed by atoms with Crippen LogP contribution in [0.5, 0.6) is 11.6 Å². The number of rotatable bonds is 3. The minimum atomic E-state index is 0.255. The molecule has 0 saturated heterocycles. The third-order valence-electron chi connectivity index (χ3n) is 2.90. The average Bonchev–Trinajstić information content (AvgIpc) is 3.01. The van der Waals surface area contributed by atoms with Crippen LogP contribution in [0.25, 0.3) is 4.96 Å². The number of ether oxygens (including phenoxy) is 1. The number of benzene rings is 1. The van der Waals surface area contributed by atoms with Crippen molar-refractivity contribution in [3.05, 3.63) is 46.6 Å². The van der Waals surface area contributed by atoms with Gasteiger partial charge >= 0.3 is 0 Å². The van der Waals surface area contributed by atoms with Crippen LogP contribution in [0.1, 0.15) is 21.6 Å². The second-order valence-corrected chi connectivity index (χ2v) is 5.04. The number of thiazole rings is 1. The molecule has 0 aliphatic carbocycles. The highest BCUT2D eigenvalue weighted by Gasteiger charge is 2.15. The second kappa shape index (κ2) is 4.79. The molecule has 0 spiro atoms. The van der Waals surface area contributed by atoms with Crippen molar-refractivity contribution in [2.24, 2.45) is 0 Å². The number of aryl methyl sites for hydroxylation is 1. The number of imidazole rings is 1. The fourth-order valence-electron chi connectivity index (χ4n) is 1.85. The summed E-state index contributed by atoms with van der Waals surface area (Å²) < 4.78 is 7.39. The van der Waals surface area contributed by atoms with Gasteiger partial charge in [0.1, 0.15) is 5.75 Å². The van der Waals surface area contributed by atoms with Crippen LogP contribution < -0.4 is 4.74 Å². The zero-order valence-corrected chi connectivity index (χ0v) is 11.3. The average molecular weight is 283 g/mol. The summed E-state index contributed by atoms with van der Waals surface area (Å²) in [5.74, 6) is 0.781. The number of fused-ring (bicyclic) bond motifs is 1. The topological polar surface area (TPSA) is 67.4 Å². The van der Waals surface area contributed by atoms with E-state index in [1.807, 2.05) is 12.3 Å². The molecule has 0 amide bonds. The molecule has 0 atom stereocenters. The number of aldehydes is 1. The molecule has 3 rings (SSSR count). The Morgan fingerprint density at radius 3 is 3.10 bits per heavy atom. The van der Waals surface area contributed by atoms with Crippen molar-refractivity contribution in [2.45, 2.75) is 6.92 Å². The fraction of sp³-hybridized carbons (Fsp3) is 0.0714. The molecule has 3 aromatic rings. The molecule has 98 valence electrons. The van der Waals surface area contributed by atoms with E-state index in [1.165, 1.54) is 11.3 Å². The number of nitrogens with zero attached hydrogens (tertiary/aromatic N) is 3. The lowest BCUT2D eigenvalue weighted by Gasteiger charge is -2.06. The Morgan fingerprint density at radius 1 is 1.50 bits per heavy atom. The molecule has 0 N–H and O–H groups in total. The zero-order chi connectivity index (χ0) is 14.1. The highest BCUT2D eigenvalue weighted by atomic mass is 32.1. The molecule has 2 aromatic heterocycles. The molecule has 0 saturated carbocycles. The van der Waals surface area contributed by atoms with Gasteiger partial charge in [0.05, 0.1) is 11.6 Å². The largest absolute Gasteiger partial charge is 0.437 e. The Hall–Kier alpha value is -2.65. The SMILES string of the molecule is Cc1ccc(C#N)cc1Oc1nc2sccn2c1C=O. The molecule has 0 fully saturated rings. The monoisotopic (exact) mass is 283 g/mol. The summed E-state index contributed by atoms with van der Waals surface area (Å²) >= 11 is 1.42. The Morgan fingerprint density at radius 2 is 2.35 bits per heavy atom. The number of carbonyl (C=O) groups excluding carboxylic acids is 1. The smallest absolute Gasteiger partial charge is 0.250 e. The van der Waals surface area contributed by atoms with E-state index in [0.29, 0.717) is 28.3 Å². The molecule has 20 heavy (non-hydrogen) atoms. The van der Waals surface area contributed by atoms with Gasteiger partial charge in [0.2, 0.25) is 5.88 Å². The van der Waals surface area contributed by atoms with Crippen molar-refractivity contribution in [3.63, 3.8) is 0 Å². The van der Waals surface area contributed by atoms with Crippen molar-refractivity contribution in [1.82, 2.24) is 9.38 Å². The highest BCUT2D eigenvalue weighted by molar-refractivity contribution is 7.15. The van der Waals surface area contributed by atoms with E-state index in [-0.39, 0.29) is 5.88 Å². The van der Waals surface area contributed by atoms with E-state index in [9.17, 15) is 4.79 Å². The van der Waals surface area contributed by atoms with Crippen LogP contribution >= 0.6 is 11.3 Å². The maximum absolute atomic E-state index is 11.2. The fourth-order valence-corrected chi connectivity index (χ4v) is 2.56. The van der Waals surface area contributed by atoms with Gasteiger partial charge in [-0.2, -0.15) is 10.2 Å². The van der Waals surface area contributed by atoms with Crippen LogP contribution in [0, 0.1) is 18.3 Å². The van der Waals surface area contributed by atoms with Crippen LogP contribution in [-0.2, 0) is 0 Å². The van der Waals surface area contributed by atoms with Crippen LogP contribution in [0.15, 0.2) is 29.8 Å². The molecular formula is C14H9N3O2S. The van der Waals surface area contributed by atoms with E-state index < -0.39 is 0 Å². The summed E-state index contributed by atoms with van der Waals surface area (Å²) in [7, 11) is 0. The number of nitriles is 1. The number of carbonyl (C=O) groups is 1. The van der Waals surface area contributed by atoms with E-state index >= 15 is 0 Å². The van der Waals surface area contributed by atoms with Crippen molar-refractivity contribution in [1.29, 1.82) is 5.26 Å². The highest BCUT2D eigenvalue weighted by Crippen LogP contribution is 2.29. The molecular weight excluding hydrogens is 274 g/mol. The van der Waals surface area contributed by atoms with E-state index in [0.717, 1.165) is 5.56 Å². The molecule has 0 radical (unpaired) electrons. The lowest BCUT2D eigenvalue weighted by molar-refractivity contribution is 0.111. The minimum absolute atomic E-state index is 0.255. The second-order valence-electron chi connectivity index (χ2n) is 4.17. The molecule has 6 heteroatoms.